The highest BCUT2D eigenvalue weighted by molar-refractivity contribution is 6.32. The van der Waals surface area contributed by atoms with E-state index in [0.29, 0.717) is 18.7 Å². The fourth-order valence-corrected chi connectivity index (χ4v) is 2.58. The van der Waals surface area contributed by atoms with Gasteiger partial charge in [0.25, 0.3) is 5.91 Å². The first-order valence-corrected chi connectivity index (χ1v) is 6.90. The Balaban J connectivity index is 1.74. The van der Waals surface area contributed by atoms with Crippen LogP contribution < -0.4 is 0 Å². The molecule has 3 rings (SSSR count). The van der Waals surface area contributed by atoms with E-state index in [0.717, 1.165) is 6.42 Å². The van der Waals surface area contributed by atoms with Gasteiger partial charge in [-0.25, -0.2) is 0 Å². The molecule has 0 fully saturated rings. The van der Waals surface area contributed by atoms with Crippen LogP contribution in [0.15, 0.2) is 53.2 Å². The molecular weight excluding hydrogens is 274 g/mol. The second-order valence-electron chi connectivity index (χ2n) is 4.70. The molecule has 3 nitrogen and oxygen atoms in total. The molecule has 0 saturated heterocycles. The second-order valence-corrected chi connectivity index (χ2v) is 5.05. The van der Waals surface area contributed by atoms with Gasteiger partial charge in [0.2, 0.25) is 5.22 Å². The molecule has 0 radical (unpaired) electrons. The second kappa shape index (κ2) is 5.55. The van der Waals surface area contributed by atoms with Crippen LogP contribution >= 0.6 is 11.6 Å². The summed E-state index contributed by atoms with van der Waals surface area (Å²) in [6.45, 7) is 1.30. The summed E-state index contributed by atoms with van der Waals surface area (Å²) in [4.78, 5) is 14.1. The van der Waals surface area contributed by atoms with Crippen LogP contribution in [0.5, 0.6) is 0 Å². The molecule has 0 saturated carbocycles. The number of benzene rings is 1. The molecule has 0 N–H and O–H groups in total. The van der Waals surface area contributed by atoms with Crippen LogP contribution in [0.3, 0.4) is 0 Å². The fraction of sp³-hybridized carbons (Fsp3) is 0.188. The molecule has 20 heavy (non-hydrogen) atoms. The van der Waals surface area contributed by atoms with Crippen molar-refractivity contribution in [2.45, 2.75) is 6.42 Å². The third kappa shape index (κ3) is 2.49. The first kappa shape index (κ1) is 13.0. The van der Waals surface area contributed by atoms with E-state index in [-0.39, 0.29) is 11.1 Å². The van der Waals surface area contributed by atoms with Crippen molar-refractivity contribution in [3.8, 4) is 0 Å². The number of nitrogens with zero attached hydrogens (tertiary/aromatic N) is 1. The lowest BCUT2D eigenvalue weighted by molar-refractivity contribution is 0.0772. The highest BCUT2D eigenvalue weighted by atomic mass is 35.5. The van der Waals surface area contributed by atoms with E-state index >= 15 is 0 Å². The maximum Gasteiger partial charge on any atom is 0.259 e. The van der Waals surface area contributed by atoms with Gasteiger partial charge in [0.1, 0.15) is 0 Å². The molecule has 1 aliphatic rings. The molecule has 4 heteroatoms. The van der Waals surface area contributed by atoms with Crippen LogP contribution in [0.4, 0.5) is 0 Å². The Hall–Kier alpha value is -2.00. The van der Waals surface area contributed by atoms with Gasteiger partial charge >= 0.3 is 0 Å². The van der Waals surface area contributed by atoms with E-state index in [1.807, 2.05) is 18.2 Å². The number of carbonyl (C=O) groups excluding carboxylic acids is 1. The van der Waals surface area contributed by atoms with Crippen molar-refractivity contribution in [2.75, 3.05) is 13.1 Å². The van der Waals surface area contributed by atoms with Gasteiger partial charge in [-0.1, -0.05) is 36.4 Å². The summed E-state index contributed by atoms with van der Waals surface area (Å²) in [6.07, 6.45) is 4.39. The molecule has 0 aliphatic carbocycles. The smallest absolute Gasteiger partial charge is 0.259 e. The molecule has 1 aliphatic heterocycles. The quantitative estimate of drug-likeness (QED) is 0.840. The molecule has 0 bridgehead atoms. The van der Waals surface area contributed by atoms with Crippen LogP contribution in [0.2, 0.25) is 5.22 Å². The topological polar surface area (TPSA) is 33.5 Å². The molecule has 0 spiro atoms. The number of amides is 1. The summed E-state index contributed by atoms with van der Waals surface area (Å²) < 4.78 is 4.97. The first-order chi connectivity index (χ1) is 9.75. The Morgan fingerprint density at radius 3 is 2.60 bits per heavy atom. The van der Waals surface area contributed by atoms with Crippen LogP contribution in [-0.2, 0) is 0 Å². The van der Waals surface area contributed by atoms with Crippen molar-refractivity contribution in [2.24, 2.45) is 0 Å². The van der Waals surface area contributed by atoms with Crippen molar-refractivity contribution < 1.29 is 9.21 Å². The summed E-state index contributed by atoms with van der Waals surface area (Å²) in [5, 5.41) is 0.160. The minimum Gasteiger partial charge on any atom is -0.452 e. The molecule has 2 heterocycles. The maximum atomic E-state index is 12.3. The number of furan rings is 1. The molecule has 0 atom stereocenters. The number of hydrogen-bond donors (Lipinski definition) is 0. The van der Waals surface area contributed by atoms with Crippen molar-refractivity contribution in [3.63, 3.8) is 0 Å². The Kier molecular flexibility index (Phi) is 3.61. The molecule has 1 amide bonds. The van der Waals surface area contributed by atoms with E-state index in [1.165, 1.54) is 17.4 Å². The zero-order valence-electron chi connectivity index (χ0n) is 10.9. The van der Waals surface area contributed by atoms with Crippen LogP contribution in [0, 0.1) is 0 Å². The van der Waals surface area contributed by atoms with Crippen molar-refractivity contribution in [1.82, 2.24) is 4.90 Å². The summed E-state index contributed by atoms with van der Waals surface area (Å²) in [5.41, 5.74) is 2.94. The average Bonchev–Trinajstić information content (AvgIpc) is 2.94. The summed E-state index contributed by atoms with van der Waals surface area (Å²) in [6, 6.07) is 11.9. The summed E-state index contributed by atoms with van der Waals surface area (Å²) >= 11 is 5.85. The van der Waals surface area contributed by atoms with Gasteiger partial charge in [-0.3, -0.25) is 4.79 Å². The average molecular weight is 288 g/mol. The van der Waals surface area contributed by atoms with Crippen LogP contribution in [0.1, 0.15) is 22.3 Å². The van der Waals surface area contributed by atoms with E-state index < -0.39 is 0 Å². The first-order valence-electron chi connectivity index (χ1n) is 6.52. The summed E-state index contributed by atoms with van der Waals surface area (Å²) in [5.74, 6) is -0.0767. The lowest BCUT2D eigenvalue weighted by Gasteiger charge is -2.26. The molecule has 1 aromatic heterocycles. The number of carbonyl (C=O) groups is 1. The standard InChI is InChI=1S/C16H14ClNO2/c17-15-14(8-11-20-15)16(19)18-9-6-13(7-10-18)12-4-2-1-3-5-12/h1-6,8,11H,7,9-10H2. The van der Waals surface area contributed by atoms with Crippen molar-refractivity contribution >= 4 is 23.1 Å². The zero-order chi connectivity index (χ0) is 13.9. The van der Waals surface area contributed by atoms with Crippen LogP contribution in [0.25, 0.3) is 5.57 Å². The number of rotatable bonds is 2. The monoisotopic (exact) mass is 287 g/mol. The summed E-state index contributed by atoms with van der Waals surface area (Å²) in [7, 11) is 0. The lowest BCUT2D eigenvalue weighted by Crippen LogP contribution is -2.34. The molecule has 2 aromatic rings. The lowest BCUT2D eigenvalue weighted by atomic mass is 9.99. The Morgan fingerprint density at radius 1 is 1.20 bits per heavy atom. The highest BCUT2D eigenvalue weighted by Gasteiger charge is 2.22. The molecule has 0 unspecified atom stereocenters. The minimum atomic E-state index is -0.0767. The van der Waals surface area contributed by atoms with E-state index in [9.17, 15) is 4.79 Å². The Bertz CT molecular complexity index is 646. The van der Waals surface area contributed by atoms with Gasteiger partial charge in [-0.2, -0.15) is 0 Å². The Labute approximate surface area is 122 Å². The molecular formula is C16H14ClNO2. The van der Waals surface area contributed by atoms with Gasteiger partial charge in [0.05, 0.1) is 11.8 Å². The maximum absolute atomic E-state index is 12.3. The van der Waals surface area contributed by atoms with Gasteiger partial charge in [-0.05, 0) is 35.2 Å². The van der Waals surface area contributed by atoms with Gasteiger partial charge in [0.15, 0.2) is 0 Å². The SMILES string of the molecule is O=C(c1ccoc1Cl)N1CC=C(c2ccccc2)CC1. The van der Waals surface area contributed by atoms with E-state index in [2.05, 4.69) is 18.2 Å². The van der Waals surface area contributed by atoms with Crippen molar-refractivity contribution in [1.29, 1.82) is 0 Å². The Morgan fingerprint density at radius 2 is 2.00 bits per heavy atom. The third-order valence-electron chi connectivity index (χ3n) is 3.49. The number of hydrogen-bond acceptors (Lipinski definition) is 2. The third-order valence-corrected chi connectivity index (χ3v) is 3.78. The minimum absolute atomic E-state index is 0.0767. The van der Waals surface area contributed by atoms with Gasteiger partial charge < -0.3 is 9.32 Å². The van der Waals surface area contributed by atoms with Crippen LogP contribution in [-0.4, -0.2) is 23.9 Å². The van der Waals surface area contributed by atoms with Gasteiger partial charge in [0, 0.05) is 13.1 Å². The van der Waals surface area contributed by atoms with Crippen molar-refractivity contribution in [3.05, 3.63) is 65.1 Å². The molecule has 102 valence electrons. The van der Waals surface area contributed by atoms with Gasteiger partial charge in [-0.15, -0.1) is 0 Å². The molecule has 1 aromatic carbocycles. The predicted octanol–water partition coefficient (Wildman–Crippen LogP) is 3.86. The number of halogens is 1. The predicted molar refractivity (Wildman–Crippen MR) is 78.7 cm³/mol. The highest BCUT2D eigenvalue weighted by Crippen LogP contribution is 2.24. The van der Waals surface area contributed by atoms with E-state index in [4.69, 9.17) is 16.0 Å². The van der Waals surface area contributed by atoms with E-state index in [1.54, 1.807) is 11.0 Å². The largest absolute Gasteiger partial charge is 0.452 e. The normalized spacial score (nSPS) is 15.1. The fourth-order valence-electron chi connectivity index (χ4n) is 2.38. The zero-order valence-corrected chi connectivity index (χ0v) is 11.6.